The zero-order chi connectivity index (χ0) is 20.5. The second-order valence-corrected chi connectivity index (χ2v) is 8.09. The number of carbonyl (C=O) groups excluding carboxylic acids is 2. The van der Waals surface area contributed by atoms with Crippen molar-refractivity contribution in [3.63, 3.8) is 0 Å². The predicted molar refractivity (Wildman–Crippen MR) is 105 cm³/mol. The number of benzene rings is 1. The van der Waals surface area contributed by atoms with Crippen molar-refractivity contribution >= 4 is 23.0 Å². The van der Waals surface area contributed by atoms with Crippen LogP contribution in [0, 0.1) is 0 Å². The molecule has 0 bridgehead atoms. The van der Waals surface area contributed by atoms with Gasteiger partial charge in [-0.2, -0.15) is 0 Å². The van der Waals surface area contributed by atoms with Crippen LogP contribution < -0.4 is 10.1 Å². The molecule has 1 aliphatic rings. The van der Waals surface area contributed by atoms with Gasteiger partial charge in [0.05, 0.1) is 13.2 Å². The average Bonchev–Trinajstić information content (AvgIpc) is 3.26. The number of nitrogens with one attached hydrogen (secondary N) is 1. The Balaban J connectivity index is 1.70. The van der Waals surface area contributed by atoms with E-state index in [0.29, 0.717) is 30.1 Å². The molecule has 1 aromatic heterocycles. The monoisotopic (exact) mass is 388 g/mol. The lowest BCUT2D eigenvalue weighted by Crippen LogP contribution is -2.48. The smallest absolute Gasteiger partial charge is 0.410 e. The van der Waals surface area contributed by atoms with E-state index in [2.05, 4.69) is 5.32 Å². The molecule has 1 saturated heterocycles. The molecule has 2 unspecified atom stereocenters. The molecule has 1 aromatic carbocycles. The van der Waals surface area contributed by atoms with E-state index in [9.17, 15) is 9.59 Å². The highest BCUT2D eigenvalue weighted by Gasteiger charge is 2.37. The van der Waals surface area contributed by atoms with Crippen molar-refractivity contribution in [3.8, 4) is 5.75 Å². The summed E-state index contributed by atoms with van der Waals surface area (Å²) in [5, 5.41) is 3.87. The van der Waals surface area contributed by atoms with Crippen LogP contribution in [0.4, 0.5) is 4.79 Å². The summed E-state index contributed by atoms with van der Waals surface area (Å²) in [6.07, 6.45) is 0.936. The highest BCUT2D eigenvalue weighted by atomic mass is 16.6. The number of hydrogen-bond acceptors (Lipinski definition) is 5. The van der Waals surface area contributed by atoms with Crippen LogP contribution in [0.25, 0.3) is 11.0 Å². The molecule has 7 heteroatoms. The van der Waals surface area contributed by atoms with Crippen LogP contribution in [0.15, 0.2) is 28.7 Å². The Hall–Kier alpha value is -2.70. The first-order valence-electron chi connectivity index (χ1n) is 9.56. The van der Waals surface area contributed by atoms with Gasteiger partial charge < -0.3 is 19.2 Å². The van der Waals surface area contributed by atoms with Crippen molar-refractivity contribution in [2.75, 3.05) is 13.7 Å². The van der Waals surface area contributed by atoms with Gasteiger partial charge in [0.2, 0.25) is 5.91 Å². The quantitative estimate of drug-likeness (QED) is 0.856. The molecule has 2 amide bonds. The van der Waals surface area contributed by atoms with Gasteiger partial charge in [-0.1, -0.05) is 12.1 Å². The molecule has 0 aliphatic carbocycles. The second-order valence-electron chi connectivity index (χ2n) is 8.09. The minimum atomic E-state index is -0.596. The number of para-hydroxylation sites is 1. The third-order valence-corrected chi connectivity index (χ3v) is 4.72. The van der Waals surface area contributed by atoms with E-state index in [4.69, 9.17) is 13.9 Å². The maximum Gasteiger partial charge on any atom is 0.410 e. The fourth-order valence-electron chi connectivity index (χ4n) is 3.39. The molecule has 2 atom stereocenters. The first-order chi connectivity index (χ1) is 13.2. The number of hydrogen-bond donors (Lipinski definition) is 1. The Morgan fingerprint density at radius 2 is 2.07 bits per heavy atom. The van der Waals surface area contributed by atoms with Crippen LogP contribution in [0.3, 0.4) is 0 Å². The number of carbonyl (C=O) groups is 2. The summed E-state index contributed by atoms with van der Waals surface area (Å²) in [5.41, 5.74) is 0.0544. The van der Waals surface area contributed by atoms with Crippen LogP contribution >= 0.6 is 0 Å². The normalized spacial score (nSPS) is 18.2. The van der Waals surface area contributed by atoms with Crippen molar-refractivity contribution in [3.05, 3.63) is 30.0 Å². The summed E-state index contributed by atoms with van der Waals surface area (Å²) in [6.45, 7) is 7.81. The highest BCUT2D eigenvalue weighted by Crippen LogP contribution is 2.31. The standard InChI is InChI=1S/C21H28N2O5/c1-13(17-12-14-8-6-10-16(26-5)18(14)27-17)22-19(24)15-9-7-11-23(15)20(25)28-21(2,3)4/h6,8,10,12-13,15H,7,9,11H2,1-5H3,(H,22,24). The van der Waals surface area contributed by atoms with Crippen LogP contribution in [0.5, 0.6) is 5.75 Å². The lowest BCUT2D eigenvalue weighted by atomic mass is 10.1. The summed E-state index contributed by atoms with van der Waals surface area (Å²) in [4.78, 5) is 26.7. The molecule has 1 N–H and O–H groups in total. The average molecular weight is 388 g/mol. The fourth-order valence-corrected chi connectivity index (χ4v) is 3.39. The number of amides is 2. The first kappa shape index (κ1) is 20.0. The summed E-state index contributed by atoms with van der Waals surface area (Å²) >= 11 is 0. The maximum atomic E-state index is 12.8. The number of fused-ring (bicyclic) bond motifs is 1. The third-order valence-electron chi connectivity index (χ3n) is 4.72. The minimum absolute atomic E-state index is 0.205. The molecule has 0 radical (unpaired) electrons. The molecule has 2 aromatic rings. The van der Waals surface area contributed by atoms with Gasteiger partial charge in [0.25, 0.3) is 0 Å². The highest BCUT2D eigenvalue weighted by molar-refractivity contribution is 5.87. The number of ether oxygens (including phenoxy) is 2. The second kappa shape index (κ2) is 7.73. The van der Waals surface area contributed by atoms with Gasteiger partial charge in [-0.05, 0) is 52.7 Å². The topological polar surface area (TPSA) is 81.0 Å². The van der Waals surface area contributed by atoms with Crippen molar-refractivity contribution < 1.29 is 23.5 Å². The molecule has 3 rings (SSSR count). The van der Waals surface area contributed by atoms with E-state index in [1.165, 1.54) is 4.90 Å². The Labute approximate surface area is 165 Å². The van der Waals surface area contributed by atoms with Crippen molar-refractivity contribution in [1.82, 2.24) is 10.2 Å². The van der Waals surface area contributed by atoms with Crippen molar-refractivity contribution in [2.24, 2.45) is 0 Å². The Morgan fingerprint density at radius 1 is 1.32 bits per heavy atom. The molecule has 0 spiro atoms. The van der Waals surface area contributed by atoms with Gasteiger partial charge in [0.1, 0.15) is 17.4 Å². The van der Waals surface area contributed by atoms with E-state index in [1.807, 2.05) is 52.0 Å². The van der Waals surface area contributed by atoms with E-state index in [0.717, 1.165) is 11.8 Å². The lowest BCUT2D eigenvalue weighted by Gasteiger charge is -2.28. The third kappa shape index (κ3) is 4.24. The van der Waals surface area contributed by atoms with Gasteiger partial charge in [-0.15, -0.1) is 0 Å². The zero-order valence-electron chi connectivity index (χ0n) is 17.1. The van der Waals surface area contributed by atoms with E-state index in [-0.39, 0.29) is 11.9 Å². The molecule has 7 nitrogen and oxygen atoms in total. The number of rotatable bonds is 4. The number of furan rings is 1. The van der Waals surface area contributed by atoms with Crippen LogP contribution in [-0.2, 0) is 9.53 Å². The predicted octanol–water partition coefficient (Wildman–Crippen LogP) is 4.02. The van der Waals surface area contributed by atoms with E-state index < -0.39 is 17.7 Å². The summed E-state index contributed by atoms with van der Waals surface area (Å²) in [7, 11) is 1.59. The summed E-state index contributed by atoms with van der Waals surface area (Å²) in [5.74, 6) is 1.08. The van der Waals surface area contributed by atoms with Crippen LogP contribution in [0.2, 0.25) is 0 Å². The van der Waals surface area contributed by atoms with Gasteiger partial charge >= 0.3 is 6.09 Å². The number of likely N-dealkylation sites (tertiary alicyclic amines) is 1. The molecule has 2 heterocycles. The SMILES string of the molecule is COc1cccc2cc(C(C)NC(=O)C3CCCN3C(=O)OC(C)(C)C)oc12. The van der Waals surface area contributed by atoms with Crippen LogP contribution in [0.1, 0.15) is 52.3 Å². The molecule has 1 aliphatic heterocycles. The summed E-state index contributed by atoms with van der Waals surface area (Å²) in [6, 6.07) is 6.67. The van der Waals surface area contributed by atoms with Crippen LogP contribution in [-0.4, -0.2) is 42.2 Å². The van der Waals surface area contributed by atoms with Gasteiger partial charge in [0, 0.05) is 11.9 Å². The summed E-state index contributed by atoms with van der Waals surface area (Å²) < 4.78 is 16.7. The Kier molecular flexibility index (Phi) is 5.54. The Morgan fingerprint density at radius 3 is 2.75 bits per heavy atom. The maximum absolute atomic E-state index is 12.8. The first-order valence-corrected chi connectivity index (χ1v) is 9.56. The molecular weight excluding hydrogens is 360 g/mol. The van der Waals surface area contributed by atoms with Crippen molar-refractivity contribution in [2.45, 2.75) is 58.2 Å². The largest absolute Gasteiger partial charge is 0.493 e. The Bertz CT molecular complexity index is 867. The lowest BCUT2D eigenvalue weighted by molar-refractivity contribution is -0.126. The fraction of sp³-hybridized carbons (Fsp3) is 0.524. The number of nitrogens with zero attached hydrogens (tertiary/aromatic N) is 1. The van der Waals surface area contributed by atoms with Gasteiger partial charge in [-0.25, -0.2) is 4.79 Å². The molecule has 0 saturated carbocycles. The van der Waals surface area contributed by atoms with Gasteiger partial charge in [0.15, 0.2) is 11.3 Å². The molecular formula is C21H28N2O5. The van der Waals surface area contributed by atoms with Gasteiger partial charge in [-0.3, -0.25) is 9.69 Å². The van der Waals surface area contributed by atoms with E-state index >= 15 is 0 Å². The van der Waals surface area contributed by atoms with Crippen molar-refractivity contribution in [1.29, 1.82) is 0 Å². The molecule has 1 fully saturated rings. The molecule has 28 heavy (non-hydrogen) atoms. The number of methoxy groups -OCH3 is 1. The van der Waals surface area contributed by atoms with E-state index in [1.54, 1.807) is 7.11 Å². The molecule has 152 valence electrons. The zero-order valence-corrected chi connectivity index (χ0v) is 17.1. The minimum Gasteiger partial charge on any atom is -0.493 e.